The third kappa shape index (κ3) is 12.5. The molecular formula is C17H34N8O5. The van der Waals surface area contributed by atoms with Gasteiger partial charge in [-0.3, -0.25) is 19.4 Å². The molecule has 0 spiro atoms. The quantitative estimate of drug-likeness (QED) is 0.0696. The smallest absolute Gasteiger partial charge is 0.326 e. The van der Waals surface area contributed by atoms with E-state index in [1.165, 1.54) is 0 Å². The number of carbonyl (C=O) groups is 4. The lowest BCUT2D eigenvalue weighted by atomic mass is 10.1. The normalized spacial score (nSPS) is 13.5. The zero-order valence-electron chi connectivity index (χ0n) is 17.0. The number of unbranched alkanes of at least 4 members (excludes halogenated alkanes) is 1. The second-order valence-corrected chi connectivity index (χ2v) is 6.81. The topological polar surface area (TPSA) is 255 Å². The lowest BCUT2D eigenvalue weighted by Gasteiger charge is -2.23. The molecule has 0 aliphatic heterocycles. The molecule has 3 amide bonds. The predicted octanol–water partition coefficient (Wildman–Crippen LogP) is -3.18. The summed E-state index contributed by atoms with van der Waals surface area (Å²) >= 11 is 0. The monoisotopic (exact) mass is 430 g/mol. The summed E-state index contributed by atoms with van der Waals surface area (Å²) < 4.78 is 0. The number of carboxylic acid groups (broad SMARTS) is 1. The average molecular weight is 431 g/mol. The summed E-state index contributed by atoms with van der Waals surface area (Å²) in [7, 11) is 0. The first-order valence-electron chi connectivity index (χ1n) is 9.71. The number of carbonyl (C=O) groups excluding carboxylic acids is 3. The minimum Gasteiger partial charge on any atom is -0.480 e. The Kier molecular flexibility index (Phi) is 13.5. The Labute approximate surface area is 175 Å². The number of amides is 3. The van der Waals surface area contributed by atoms with Crippen LogP contribution in [0.2, 0.25) is 0 Å². The highest BCUT2D eigenvalue weighted by Crippen LogP contribution is 2.05. The van der Waals surface area contributed by atoms with Gasteiger partial charge in [0.2, 0.25) is 17.7 Å². The summed E-state index contributed by atoms with van der Waals surface area (Å²) in [6, 6.07) is -3.20. The number of guanidine groups is 1. The first kappa shape index (κ1) is 27.1. The van der Waals surface area contributed by atoms with E-state index in [1.54, 1.807) is 0 Å². The molecule has 0 rings (SSSR count). The van der Waals surface area contributed by atoms with E-state index in [1.807, 2.05) is 0 Å². The number of hydrogen-bond donors (Lipinski definition) is 8. The first-order chi connectivity index (χ1) is 14.1. The molecule has 0 aromatic rings. The molecule has 0 aromatic carbocycles. The highest BCUT2D eigenvalue weighted by Gasteiger charge is 2.27. The third-order valence-electron chi connectivity index (χ3n) is 4.18. The lowest BCUT2D eigenvalue weighted by Crippen LogP contribution is -2.54. The van der Waals surface area contributed by atoms with Gasteiger partial charge in [-0.25, -0.2) is 4.79 Å². The maximum Gasteiger partial charge on any atom is 0.326 e. The van der Waals surface area contributed by atoms with Crippen LogP contribution in [0.5, 0.6) is 0 Å². The fourth-order valence-corrected chi connectivity index (χ4v) is 2.50. The Morgan fingerprint density at radius 2 is 1.47 bits per heavy atom. The summed E-state index contributed by atoms with van der Waals surface area (Å²) in [4.78, 5) is 50.9. The van der Waals surface area contributed by atoms with Gasteiger partial charge in [0.1, 0.15) is 12.1 Å². The molecule has 0 unspecified atom stereocenters. The molecule has 0 saturated heterocycles. The summed E-state index contributed by atoms with van der Waals surface area (Å²) in [6.07, 6.45) is 1.78. The van der Waals surface area contributed by atoms with Gasteiger partial charge in [-0.15, -0.1) is 0 Å². The van der Waals surface area contributed by atoms with Crippen LogP contribution in [0.1, 0.15) is 44.9 Å². The van der Waals surface area contributed by atoms with Crippen molar-refractivity contribution in [1.82, 2.24) is 10.6 Å². The van der Waals surface area contributed by atoms with Gasteiger partial charge < -0.3 is 44.4 Å². The fraction of sp³-hybridized carbons (Fsp3) is 0.706. The molecule has 0 heterocycles. The van der Waals surface area contributed by atoms with Crippen LogP contribution >= 0.6 is 0 Å². The van der Waals surface area contributed by atoms with Gasteiger partial charge in [0, 0.05) is 13.0 Å². The van der Waals surface area contributed by atoms with Gasteiger partial charge in [0.15, 0.2) is 5.96 Å². The summed E-state index contributed by atoms with van der Waals surface area (Å²) in [6.45, 7) is 0.621. The van der Waals surface area contributed by atoms with E-state index < -0.39 is 41.8 Å². The maximum absolute atomic E-state index is 12.6. The van der Waals surface area contributed by atoms with Crippen molar-refractivity contribution in [2.45, 2.75) is 63.1 Å². The van der Waals surface area contributed by atoms with Gasteiger partial charge >= 0.3 is 5.97 Å². The van der Waals surface area contributed by atoms with E-state index >= 15 is 0 Å². The van der Waals surface area contributed by atoms with Crippen molar-refractivity contribution in [3.8, 4) is 0 Å². The van der Waals surface area contributed by atoms with Gasteiger partial charge in [-0.2, -0.15) is 0 Å². The lowest BCUT2D eigenvalue weighted by molar-refractivity contribution is -0.142. The van der Waals surface area contributed by atoms with Crippen LogP contribution in [-0.2, 0) is 19.2 Å². The van der Waals surface area contributed by atoms with E-state index in [0.29, 0.717) is 25.8 Å². The van der Waals surface area contributed by atoms with Crippen LogP contribution in [0.25, 0.3) is 0 Å². The number of aliphatic carboxylic acids is 1. The number of nitrogens with two attached hydrogens (primary N) is 5. The summed E-state index contributed by atoms with van der Waals surface area (Å²) in [5.41, 5.74) is 26.7. The van der Waals surface area contributed by atoms with Crippen molar-refractivity contribution < 1.29 is 24.3 Å². The predicted molar refractivity (Wildman–Crippen MR) is 111 cm³/mol. The number of primary amides is 1. The average Bonchev–Trinajstić information content (AvgIpc) is 2.66. The van der Waals surface area contributed by atoms with Gasteiger partial charge in [0.05, 0.1) is 6.04 Å². The van der Waals surface area contributed by atoms with Crippen LogP contribution in [-0.4, -0.2) is 66.0 Å². The van der Waals surface area contributed by atoms with Crippen molar-refractivity contribution >= 4 is 29.7 Å². The Bertz CT molecular complexity index is 609. The molecule has 13 heteroatoms. The largest absolute Gasteiger partial charge is 0.480 e. The summed E-state index contributed by atoms with van der Waals surface area (Å²) in [5, 5.41) is 14.3. The number of hydrogen-bond acceptors (Lipinski definition) is 7. The highest BCUT2D eigenvalue weighted by molar-refractivity contribution is 5.91. The van der Waals surface area contributed by atoms with Crippen molar-refractivity contribution in [2.24, 2.45) is 33.7 Å². The van der Waals surface area contributed by atoms with Crippen molar-refractivity contribution in [2.75, 3.05) is 13.1 Å². The first-order valence-corrected chi connectivity index (χ1v) is 9.71. The Hall–Kier alpha value is -2.93. The molecule has 172 valence electrons. The van der Waals surface area contributed by atoms with Crippen molar-refractivity contribution in [3.63, 3.8) is 0 Å². The van der Waals surface area contributed by atoms with E-state index in [4.69, 9.17) is 28.7 Å². The Morgan fingerprint density at radius 1 is 0.867 bits per heavy atom. The molecule has 3 atom stereocenters. The van der Waals surface area contributed by atoms with E-state index in [0.717, 1.165) is 0 Å². The van der Waals surface area contributed by atoms with Gasteiger partial charge in [-0.1, -0.05) is 0 Å². The molecule has 0 aliphatic carbocycles. The minimum atomic E-state index is -1.22. The third-order valence-corrected chi connectivity index (χ3v) is 4.18. The van der Waals surface area contributed by atoms with E-state index in [2.05, 4.69) is 15.6 Å². The van der Waals surface area contributed by atoms with E-state index in [9.17, 15) is 24.3 Å². The molecule has 13 N–H and O–H groups in total. The number of rotatable bonds is 16. The number of carboxylic acids is 1. The number of nitrogens with zero attached hydrogens (tertiary/aromatic N) is 1. The van der Waals surface area contributed by atoms with Crippen LogP contribution in [0.15, 0.2) is 4.99 Å². The highest BCUT2D eigenvalue weighted by atomic mass is 16.4. The van der Waals surface area contributed by atoms with Crippen molar-refractivity contribution in [3.05, 3.63) is 0 Å². The molecule has 0 saturated carbocycles. The number of aliphatic imine (C=N–C) groups is 1. The SMILES string of the molecule is NCCCC[C@H](NC(=O)[C@@H](N)CCC(N)=O)C(=O)N[C@@H](CCCN=C(N)N)C(=O)O. The molecule has 0 aliphatic rings. The van der Waals surface area contributed by atoms with E-state index in [-0.39, 0.29) is 38.2 Å². The Morgan fingerprint density at radius 3 is 2.00 bits per heavy atom. The maximum atomic E-state index is 12.6. The molecular weight excluding hydrogens is 396 g/mol. The number of nitrogens with one attached hydrogen (secondary N) is 2. The second kappa shape index (κ2) is 15.0. The molecule has 0 radical (unpaired) electrons. The molecule has 0 fully saturated rings. The summed E-state index contributed by atoms with van der Waals surface area (Å²) in [5.74, 6) is -3.22. The van der Waals surface area contributed by atoms with Crippen molar-refractivity contribution in [1.29, 1.82) is 0 Å². The zero-order valence-corrected chi connectivity index (χ0v) is 17.0. The standard InChI is InChI=1S/C17H34N8O5/c18-8-2-1-4-11(24-14(27)10(19)6-7-13(20)26)15(28)25-12(16(29)30)5-3-9-23-17(21)22/h10-12H,1-9,18-19H2,(H2,20,26)(H,24,27)(H,25,28)(H,29,30)(H4,21,22,23)/t10-,11-,12-/m0/s1. The second-order valence-electron chi connectivity index (χ2n) is 6.81. The van der Waals surface area contributed by atoms with Crippen LogP contribution < -0.4 is 39.3 Å². The van der Waals surface area contributed by atoms with Gasteiger partial charge in [-0.05, 0) is 45.1 Å². The van der Waals surface area contributed by atoms with Gasteiger partial charge in [0.25, 0.3) is 0 Å². The molecule has 0 aromatic heterocycles. The fourth-order valence-electron chi connectivity index (χ4n) is 2.50. The molecule has 30 heavy (non-hydrogen) atoms. The van der Waals surface area contributed by atoms with Crippen LogP contribution in [0.3, 0.4) is 0 Å². The minimum absolute atomic E-state index is 0.0286. The zero-order chi connectivity index (χ0) is 23.1. The van der Waals surface area contributed by atoms with Crippen LogP contribution in [0.4, 0.5) is 0 Å². The molecule has 13 nitrogen and oxygen atoms in total. The molecule has 0 bridgehead atoms. The van der Waals surface area contributed by atoms with Crippen LogP contribution in [0, 0.1) is 0 Å². The Balaban J connectivity index is 4.98.